The quantitative estimate of drug-likeness (QED) is 0.771. The van der Waals surface area contributed by atoms with Gasteiger partial charge < -0.3 is 14.2 Å². The van der Waals surface area contributed by atoms with E-state index in [9.17, 15) is 0 Å². The number of hydrogen-bond donors (Lipinski definition) is 0. The van der Waals surface area contributed by atoms with Crippen LogP contribution in [0, 0.1) is 5.92 Å². The molecule has 4 heteroatoms. The Hall–Kier alpha value is -2.04. The van der Waals surface area contributed by atoms with E-state index in [1.165, 1.54) is 11.1 Å². The van der Waals surface area contributed by atoms with Gasteiger partial charge in [-0.25, -0.2) is 0 Å². The predicted molar refractivity (Wildman–Crippen MR) is 102 cm³/mol. The lowest BCUT2D eigenvalue weighted by Crippen LogP contribution is -2.46. The topological polar surface area (TPSA) is 34.2 Å². The predicted octanol–water partition coefficient (Wildman–Crippen LogP) is 4.23. The number of nitrogens with zero attached hydrogens (tertiary/aromatic N) is 1. The van der Waals surface area contributed by atoms with Crippen LogP contribution in [0.5, 0.6) is 11.5 Å². The molecule has 2 aliphatic heterocycles. The maximum atomic E-state index is 6.01. The molecule has 0 radical (unpaired) electrons. The van der Waals surface area contributed by atoms with Gasteiger partial charge in [-0.2, -0.15) is 0 Å². The number of rotatable bonds is 4. The van der Waals surface area contributed by atoms with Crippen molar-refractivity contribution in [2.45, 2.75) is 31.0 Å². The van der Waals surface area contributed by atoms with Crippen molar-refractivity contribution in [1.82, 2.24) is 4.90 Å². The fraction of sp³-hybridized carbons (Fsp3) is 0.455. The lowest BCUT2D eigenvalue weighted by Gasteiger charge is -2.47. The molecule has 26 heavy (non-hydrogen) atoms. The third-order valence-corrected chi connectivity index (χ3v) is 6.25. The maximum Gasteiger partial charge on any atom is 0.118 e. The second-order valence-corrected chi connectivity index (χ2v) is 7.52. The Morgan fingerprint density at radius 1 is 0.923 bits per heavy atom. The van der Waals surface area contributed by atoms with Crippen molar-refractivity contribution in [2.75, 3.05) is 27.9 Å². The molecule has 0 aliphatic carbocycles. The summed E-state index contributed by atoms with van der Waals surface area (Å²) in [5.74, 6) is 2.23. The monoisotopic (exact) mass is 353 g/mol. The highest BCUT2D eigenvalue weighted by Gasteiger charge is 2.58. The van der Waals surface area contributed by atoms with Gasteiger partial charge in [-0.15, -0.1) is 0 Å². The second-order valence-electron chi connectivity index (χ2n) is 7.52. The summed E-state index contributed by atoms with van der Waals surface area (Å²) in [5, 5.41) is 0. The molecule has 138 valence electrons. The molecule has 4 rings (SSSR count). The number of likely N-dealkylation sites (tertiary alicyclic amines) is 1. The summed E-state index contributed by atoms with van der Waals surface area (Å²) in [5.41, 5.74) is 2.63. The van der Waals surface area contributed by atoms with Crippen molar-refractivity contribution in [3.05, 3.63) is 59.7 Å². The number of benzene rings is 2. The van der Waals surface area contributed by atoms with Gasteiger partial charge in [0, 0.05) is 18.0 Å². The van der Waals surface area contributed by atoms with Crippen LogP contribution in [-0.2, 0) is 4.74 Å². The van der Waals surface area contributed by atoms with Crippen LogP contribution in [0.2, 0.25) is 0 Å². The van der Waals surface area contributed by atoms with Crippen molar-refractivity contribution in [1.29, 1.82) is 0 Å². The molecule has 0 bridgehead atoms. The Morgan fingerprint density at radius 3 is 1.88 bits per heavy atom. The minimum absolute atomic E-state index is 0.00169. The van der Waals surface area contributed by atoms with Crippen LogP contribution in [0.1, 0.15) is 36.6 Å². The van der Waals surface area contributed by atoms with Crippen LogP contribution in [0.4, 0.5) is 0 Å². The van der Waals surface area contributed by atoms with E-state index in [1.54, 1.807) is 14.2 Å². The Labute approximate surface area is 155 Å². The Balaban J connectivity index is 1.68. The SMILES string of the molecule is COc1ccc([C@@H]2CC3(CO3)[C@@H](C)[C@H](c3ccc(OC)cc3)N2C)cc1. The van der Waals surface area contributed by atoms with Crippen molar-refractivity contribution in [3.8, 4) is 11.5 Å². The Bertz CT molecular complexity index is 752. The summed E-state index contributed by atoms with van der Waals surface area (Å²) in [6.45, 7) is 3.18. The fourth-order valence-electron chi connectivity index (χ4n) is 4.47. The molecule has 2 heterocycles. The molecule has 2 aromatic carbocycles. The van der Waals surface area contributed by atoms with E-state index in [0.717, 1.165) is 24.5 Å². The lowest BCUT2D eigenvalue weighted by atomic mass is 9.74. The summed E-state index contributed by atoms with van der Waals surface area (Å²) < 4.78 is 16.7. The Kier molecular flexibility index (Phi) is 4.41. The van der Waals surface area contributed by atoms with Gasteiger partial charge >= 0.3 is 0 Å². The first-order chi connectivity index (χ1) is 12.6. The van der Waals surface area contributed by atoms with Gasteiger partial charge in [0.15, 0.2) is 0 Å². The van der Waals surface area contributed by atoms with E-state index in [2.05, 4.69) is 43.1 Å². The zero-order chi connectivity index (χ0) is 18.3. The van der Waals surface area contributed by atoms with Crippen LogP contribution < -0.4 is 9.47 Å². The first kappa shape index (κ1) is 17.4. The van der Waals surface area contributed by atoms with E-state index in [4.69, 9.17) is 14.2 Å². The van der Waals surface area contributed by atoms with Crippen molar-refractivity contribution in [3.63, 3.8) is 0 Å². The normalized spacial score (nSPS) is 31.0. The molecule has 1 spiro atoms. The van der Waals surface area contributed by atoms with Gasteiger partial charge in [-0.3, -0.25) is 4.90 Å². The molecule has 4 atom stereocenters. The molecule has 0 aromatic heterocycles. The summed E-state index contributed by atoms with van der Waals surface area (Å²) in [6.07, 6.45) is 1.03. The minimum Gasteiger partial charge on any atom is -0.497 e. The highest BCUT2D eigenvalue weighted by molar-refractivity contribution is 5.34. The third kappa shape index (κ3) is 2.87. The molecule has 4 nitrogen and oxygen atoms in total. The van der Waals surface area contributed by atoms with Crippen LogP contribution >= 0.6 is 0 Å². The highest BCUT2D eigenvalue weighted by atomic mass is 16.6. The third-order valence-electron chi connectivity index (χ3n) is 6.25. The molecule has 0 saturated carbocycles. The summed E-state index contributed by atoms with van der Waals surface area (Å²) >= 11 is 0. The maximum absolute atomic E-state index is 6.01. The summed E-state index contributed by atoms with van der Waals surface area (Å²) in [7, 11) is 5.64. The van der Waals surface area contributed by atoms with Gasteiger partial charge in [0.25, 0.3) is 0 Å². The molecular weight excluding hydrogens is 326 g/mol. The molecule has 0 amide bonds. The molecule has 2 saturated heterocycles. The van der Waals surface area contributed by atoms with E-state index in [0.29, 0.717) is 18.0 Å². The van der Waals surface area contributed by atoms with Gasteiger partial charge in [0.05, 0.1) is 26.4 Å². The largest absolute Gasteiger partial charge is 0.497 e. The van der Waals surface area contributed by atoms with Gasteiger partial charge in [-0.05, 0) is 48.9 Å². The van der Waals surface area contributed by atoms with Gasteiger partial charge in [0.2, 0.25) is 0 Å². The summed E-state index contributed by atoms with van der Waals surface area (Å²) in [4.78, 5) is 2.50. The molecule has 2 aromatic rings. The zero-order valence-corrected chi connectivity index (χ0v) is 15.9. The van der Waals surface area contributed by atoms with E-state index in [1.807, 2.05) is 24.3 Å². The van der Waals surface area contributed by atoms with E-state index < -0.39 is 0 Å². The average Bonchev–Trinajstić information content (AvgIpc) is 3.46. The molecule has 2 fully saturated rings. The van der Waals surface area contributed by atoms with Gasteiger partial charge in [-0.1, -0.05) is 31.2 Å². The number of hydrogen-bond acceptors (Lipinski definition) is 4. The van der Waals surface area contributed by atoms with Crippen molar-refractivity contribution in [2.24, 2.45) is 5.92 Å². The number of epoxide rings is 1. The van der Waals surface area contributed by atoms with Crippen LogP contribution in [0.15, 0.2) is 48.5 Å². The van der Waals surface area contributed by atoms with Crippen LogP contribution in [0.3, 0.4) is 0 Å². The number of piperidine rings is 1. The first-order valence-corrected chi connectivity index (χ1v) is 9.22. The summed E-state index contributed by atoms with van der Waals surface area (Å²) in [6, 6.07) is 17.5. The average molecular weight is 353 g/mol. The Morgan fingerprint density at radius 2 is 1.42 bits per heavy atom. The van der Waals surface area contributed by atoms with Crippen LogP contribution in [-0.4, -0.2) is 38.4 Å². The molecular formula is C22H27NO3. The second kappa shape index (κ2) is 6.60. The smallest absolute Gasteiger partial charge is 0.118 e. The number of ether oxygens (including phenoxy) is 3. The highest BCUT2D eigenvalue weighted by Crippen LogP contribution is 2.55. The molecule has 1 unspecified atom stereocenters. The van der Waals surface area contributed by atoms with E-state index in [-0.39, 0.29) is 5.60 Å². The zero-order valence-electron chi connectivity index (χ0n) is 15.9. The number of methoxy groups -OCH3 is 2. The standard InChI is InChI=1S/C22H27NO3/c1-15-21(17-7-11-19(25-4)12-8-17)23(2)20(13-22(15)14-26-22)16-5-9-18(24-3)10-6-16/h5-12,15,20-21H,13-14H2,1-4H3/t15-,20-,21+,22?/m0/s1. The fourth-order valence-corrected chi connectivity index (χ4v) is 4.47. The first-order valence-electron chi connectivity index (χ1n) is 9.22. The lowest BCUT2D eigenvalue weighted by molar-refractivity contribution is 0.00585. The molecule has 0 N–H and O–H groups in total. The minimum atomic E-state index is 0.00169. The van der Waals surface area contributed by atoms with Crippen molar-refractivity contribution < 1.29 is 14.2 Å². The van der Waals surface area contributed by atoms with Crippen LogP contribution in [0.25, 0.3) is 0 Å². The van der Waals surface area contributed by atoms with Gasteiger partial charge in [0.1, 0.15) is 11.5 Å². The molecule has 2 aliphatic rings. The van der Waals surface area contributed by atoms with E-state index >= 15 is 0 Å². The van der Waals surface area contributed by atoms with Crippen molar-refractivity contribution >= 4 is 0 Å².